The van der Waals surface area contributed by atoms with E-state index in [0.717, 1.165) is 45.7 Å². The Hall–Kier alpha value is -0.650. The van der Waals surface area contributed by atoms with Gasteiger partial charge in [0.2, 0.25) is 0 Å². The van der Waals surface area contributed by atoms with Crippen molar-refractivity contribution >= 4 is 5.97 Å². The Balaban J connectivity index is 1.87. The number of carbonyl (C=O) groups excluding carboxylic acids is 1. The molecule has 2 aliphatic heterocycles. The van der Waals surface area contributed by atoms with E-state index in [-0.39, 0.29) is 17.5 Å². The smallest absolute Gasteiger partial charge is 0.310 e. The molecule has 0 spiro atoms. The number of piperidine rings is 1. The van der Waals surface area contributed by atoms with Crippen LogP contribution in [-0.4, -0.2) is 61.8 Å². The fourth-order valence-corrected chi connectivity index (χ4v) is 2.81. The van der Waals surface area contributed by atoms with Gasteiger partial charge in [0, 0.05) is 45.3 Å². The molecule has 2 heterocycles. The Morgan fingerprint density at radius 2 is 1.84 bits per heavy atom. The van der Waals surface area contributed by atoms with Gasteiger partial charge < -0.3 is 15.4 Å². The number of ether oxygens (including phenoxy) is 1. The summed E-state index contributed by atoms with van der Waals surface area (Å²) in [4.78, 5) is 14.6. The predicted molar refractivity (Wildman–Crippen MR) is 75.1 cm³/mol. The Bertz CT molecular complexity index is 308. The molecule has 0 aromatic carbocycles. The number of esters is 1. The molecule has 19 heavy (non-hydrogen) atoms. The topological polar surface area (TPSA) is 53.6 Å². The summed E-state index contributed by atoms with van der Waals surface area (Å²) in [5.74, 6) is -0.0623. The van der Waals surface area contributed by atoms with Crippen molar-refractivity contribution in [2.24, 2.45) is 5.92 Å². The van der Waals surface area contributed by atoms with Crippen LogP contribution in [0.1, 0.15) is 27.2 Å². The Kier molecular flexibility index (Phi) is 4.81. The number of hydrogen-bond acceptors (Lipinski definition) is 5. The van der Waals surface area contributed by atoms with Gasteiger partial charge >= 0.3 is 5.97 Å². The SMILES string of the molecule is CC(C)(C)OC(=O)C1CNCC(N2CCNCC2)C1. The maximum absolute atomic E-state index is 12.1. The third-order valence-corrected chi connectivity index (χ3v) is 3.74. The summed E-state index contributed by atoms with van der Waals surface area (Å²) >= 11 is 0. The number of rotatable bonds is 2. The average Bonchev–Trinajstić information content (AvgIpc) is 2.38. The quantitative estimate of drug-likeness (QED) is 0.702. The standard InChI is InChI=1S/C14H27N3O2/c1-14(2,3)19-13(18)11-8-12(10-16-9-11)17-6-4-15-5-7-17/h11-12,15-16H,4-10H2,1-3H3. The van der Waals surface area contributed by atoms with E-state index in [0.29, 0.717) is 6.04 Å². The van der Waals surface area contributed by atoms with Crippen molar-refractivity contribution in [2.75, 3.05) is 39.3 Å². The fourth-order valence-electron chi connectivity index (χ4n) is 2.81. The van der Waals surface area contributed by atoms with Gasteiger partial charge in [-0.25, -0.2) is 0 Å². The highest BCUT2D eigenvalue weighted by molar-refractivity contribution is 5.73. The molecule has 2 atom stereocenters. The highest BCUT2D eigenvalue weighted by Gasteiger charge is 2.33. The van der Waals surface area contributed by atoms with Crippen molar-refractivity contribution in [1.29, 1.82) is 0 Å². The van der Waals surface area contributed by atoms with Gasteiger partial charge in [-0.3, -0.25) is 9.69 Å². The highest BCUT2D eigenvalue weighted by Crippen LogP contribution is 2.20. The van der Waals surface area contributed by atoms with Crippen molar-refractivity contribution in [1.82, 2.24) is 15.5 Å². The summed E-state index contributed by atoms with van der Waals surface area (Å²) in [7, 11) is 0. The van der Waals surface area contributed by atoms with Crippen LogP contribution in [-0.2, 0) is 9.53 Å². The zero-order valence-corrected chi connectivity index (χ0v) is 12.4. The molecule has 2 fully saturated rings. The molecular weight excluding hydrogens is 242 g/mol. The van der Waals surface area contributed by atoms with Crippen molar-refractivity contribution in [3.05, 3.63) is 0 Å². The predicted octanol–water partition coefficient (Wildman–Crippen LogP) is 0.211. The second kappa shape index (κ2) is 6.20. The van der Waals surface area contributed by atoms with Gasteiger partial charge in [-0.15, -0.1) is 0 Å². The summed E-state index contributed by atoms with van der Waals surface area (Å²) in [6.07, 6.45) is 0.919. The number of hydrogen-bond donors (Lipinski definition) is 2. The molecule has 0 aromatic heterocycles. The Morgan fingerprint density at radius 1 is 1.16 bits per heavy atom. The lowest BCUT2D eigenvalue weighted by molar-refractivity contribution is -0.161. The van der Waals surface area contributed by atoms with Gasteiger partial charge in [-0.1, -0.05) is 0 Å². The third-order valence-electron chi connectivity index (χ3n) is 3.74. The van der Waals surface area contributed by atoms with Crippen LogP contribution < -0.4 is 10.6 Å². The second-order valence-corrected chi connectivity index (χ2v) is 6.56. The third kappa shape index (κ3) is 4.44. The molecule has 2 unspecified atom stereocenters. The minimum atomic E-state index is -0.390. The molecule has 2 aliphatic rings. The fraction of sp³-hybridized carbons (Fsp3) is 0.929. The minimum Gasteiger partial charge on any atom is -0.460 e. The lowest BCUT2D eigenvalue weighted by Gasteiger charge is -2.39. The van der Waals surface area contributed by atoms with Crippen molar-refractivity contribution in [3.8, 4) is 0 Å². The van der Waals surface area contributed by atoms with Gasteiger partial charge in [0.1, 0.15) is 5.60 Å². The van der Waals surface area contributed by atoms with Gasteiger partial charge in [0.15, 0.2) is 0 Å². The van der Waals surface area contributed by atoms with Gasteiger partial charge in [0.05, 0.1) is 5.92 Å². The van der Waals surface area contributed by atoms with Crippen LogP contribution >= 0.6 is 0 Å². The molecule has 0 radical (unpaired) electrons. The molecule has 0 aliphatic carbocycles. The Morgan fingerprint density at radius 3 is 2.47 bits per heavy atom. The number of piperazine rings is 1. The van der Waals surface area contributed by atoms with Crippen LogP contribution in [0.25, 0.3) is 0 Å². The molecule has 0 amide bonds. The molecule has 2 rings (SSSR count). The van der Waals surface area contributed by atoms with Crippen LogP contribution in [0.4, 0.5) is 0 Å². The zero-order chi connectivity index (χ0) is 13.9. The lowest BCUT2D eigenvalue weighted by atomic mass is 9.94. The first kappa shape index (κ1) is 14.8. The first-order chi connectivity index (χ1) is 8.96. The summed E-state index contributed by atoms with van der Waals surface area (Å²) in [5, 5.41) is 6.75. The van der Waals surface area contributed by atoms with Crippen LogP contribution in [0, 0.1) is 5.92 Å². The molecule has 0 bridgehead atoms. The van der Waals surface area contributed by atoms with E-state index >= 15 is 0 Å². The van der Waals surface area contributed by atoms with E-state index in [2.05, 4.69) is 15.5 Å². The first-order valence-corrected chi connectivity index (χ1v) is 7.34. The van der Waals surface area contributed by atoms with Crippen molar-refractivity contribution in [2.45, 2.75) is 38.8 Å². The number of carbonyl (C=O) groups is 1. The summed E-state index contributed by atoms with van der Waals surface area (Å²) < 4.78 is 5.50. The van der Waals surface area contributed by atoms with Crippen molar-refractivity contribution in [3.63, 3.8) is 0 Å². The van der Waals surface area contributed by atoms with Gasteiger partial charge in [0.25, 0.3) is 0 Å². The molecule has 110 valence electrons. The molecule has 0 aromatic rings. The van der Waals surface area contributed by atoms with E-state index in [4.69, 9.17) is 4.74 Å². The van der Waals surface area contributed by atoms with Crippen LogP contribution in [0.15, 0.2) is 0 Å². The Labute approximate surface area is 116 Å². The normalized spacial score (nSPS) is 30.1. The van der Waals surface area contributed by atoms with E-state index in [1.165, 1.54) is 0 Å². The van der Waals surface area contributed by atoms with Crippen LogP contribution in [0.3, 0.4) is 0 Å². The zero-order valence-electron chi connectivity index (χ0n) is 12.4. The lowest BCUT2D eigenvalue weighted by Crippen LogP contribution is -2.56. The molecule has 2 saturated heterocycles. The van der Waals surface area contributed by atoms with Crippen LogP contribution in [0.2, 0.25) is 0 Å². The highest BCUT2D eigenvalue weighted by atomic mass is 16.6. The summed E-state index contributed by atoms with van der Waals surface area (Å²) in [6, 6.07) is 0.466. The largest absolute Gasteiger partial charge is 0.460 e. The molecule has 0 saturated carbocycles. The monoisotopic (exact) mass is 269 g/mol. The van der Waals surface area contributed by atoms with Gasteiger partial charge in [-0.05, 0) is 27.2 Å². The average molecular weight is 269 g/mol. The first-order valence-electron chi connectivity index (χ1n) is 7.34. The summed E-state index contributed by atoms with van der Waals surface area (Å²) in [6.45, 7) is 11.8. The van der Waals surface area contributed by atoms with Gasteiger partial charge in [-0.2, -0.15) is 0 Å². The van der Waals surface area contributed by atoms with Crippen LogP contribution in [0.5, 0.6) is 0 Å². The van der Waals surface area contributed by atoms with Crippen molar-refractivity contribution < 1.29 is 9.53 Å². The number of nitrogens with zero attached hydrogens (tertiary/aromatic N) is 1. The molecule has 2 N–H and O–H groups in total. The maximum atomic E-state index is 12.1. The van der Waals surface area contributed by atoms with E-state index in [1.54, 1.807) is 0 Å². The number of nitrogens with one attached hydrogen (secondary N) is 2. The molecule has 5 heteroatoms. The summed E-state index contributed by atoms with van der Waals surface area (Å²) in [5.41, 5.74) is -0.390. The maximum Gasteiger partial charge on any atom is 0.310 e. The van der Waals surface area contributed by atoms with E-state index < -0.39 is 0 Å². The van der Waals surface area contributed by atoms with E-state index in [9.17, 15) is 4.79 Å². The van der Waals surface area contributed by atoms with E-state index in [1.807, 2.05) is 20.8 Å². The second-order valence-electron chi connectivity index (χ2n) is 6.56. The molecular formula is C14H27N3O2. The minimum absolute atomic E-state index is 0.00661. The molecule has 5 nitrogen and oxygen atoms in total.